The van der Waals surface area contributed by atoms with Gasteiger partial charge in [0.1, 0.15) is 5.75 Å². The third kappa shape index (κ3) is 4.80. The summed E-state index contributed by atoms with van der Waals surface area (Å²) in [6, 6.07) is 13.0. The van der Waals surface area contributed by atoms with Gasteiger partial charge in [-0.1, -0.05) is 49.1 Å². The van der Waals surface area contributed by atoms with Crippen molar-refractivity contribution in [1.82, 2.24) is 5.32 Å². The first-order valence-electron chi connectivity index (χ1n) is 9.94. The summed E-state index contributed by atoms with van der Waals surface area (Å²) in [6.07, 6.45) is 7.55. The van der Waals surface area contributed by atoms with Crippen molar-refractivity contribution in [1.29, 1.82) is 0 Å². The van der Waals surface area contributed by atoms with Crippen molar-refractivity contribution >= 4 is 40.8 Å². The molecule has 1 aliphatic carbocycles. The zero-order chi connectivity index (χ0) is 20.2. The Bertz CT molecular complexity index is 947. The average Bonchev–Trinajstić information content (AvgIpc) is 3.02. The summed E-state index contributed by atoms with van der Waals surface area (Å²) in [4.78, 5) is 24.3. The molecular weight excluding hydrogens is 388 g/mol. The summed E-state index contributed by atoms with van der Waals surface area (Å²) in [6.45, 7) is 0.00742. The number of benzene rings is 2. The number of ether oxygens (including phenoxy) is 1. The molecule has 0 spiro atoms. The maximum Gasteiger partial charge on any atom is 0.258 e. The van der Waals surface area contributed by atoms with Crippen molar-refractivity contribution in [2.24, 2.45) is 0 Å². The molecule has 150 valence electrons. The SMILES string of the molecule is O=C(COc1ccc(/C=C2\C(=O)Nc3cc(Cl)ccc32)cc1)NC1CCCCC1. The summed E-state index contributed by atoms with van der Waals surface area (Å²) in [5.41, 5.74) is 3.02. The predicted octanol–water partition coefficient (Wildman–Crippen LogP) is 4.66. The molecule has 2 amide bonds. The molecule has 0 aromatic heterocycles. The molecule has 0 saturated heterocycles. The Morgan fingerprint density at radius 2 is 1.90 bits per heavy atom. The number of carbonyl (C=O) groups excluding carboxylic acids is 2. The van der Waals surface area contributed by atoms with Gasteiger partial charge in [-0.05, 0) is 48.7 Å². The molecule has 0 unspecified atom stereocenters. The predicted molar refractivity (Wildman–Crippen MR) is 115 cm³/mol. The highest BCUT2D eigenvalue weighted by molar-refractivity contribution is 6.36. The number of halogens is 1. The molecule has 6 heteroatoms. The minimum atomic E-state index is -0.151. The summed E-state index contributed by atoms with van der Waals surface area (Å²) < 4.78 is 5.60. The van der Waals surface area contributed by atoms with E-state index in [1.165, 1.54) is 19.3 Å². The van der Waals surface area contributed by atoms with E-state index in [0.29, 0.717) is 16.3 Å². The van der Waals surface area contributed by atoms with Crippen LogP contribution in [0.5, 0.6) is 5.75 Å². The maximum absolute atomic E-state index is 12.3. The van der Waals surface area contributed by atoms with Crippen LogP contribution < -0.4 is 15.4 Å². The fourth-order valence-electron chi connectivity index (χ4n) is 3.80. The number of rotatable bonds is 5. The lowest BCUT2D eigenvalue weighted by atomic mass is 9.95. The Balaban J connectivity index is 1.36. The summed E-state index contributed by atoms with van der Waals surface area (Å²) >= 11 is 5.99. The molecule has 0 bridgehead atoms. The zero-order valence-corrected chi connectivity index (χ0v) is 16.8. The van der Waals surface area contributed by atoms with E-state index in [9.17, 15) is 9.59 Å². The molecule has 0 radical (unpaired) electrons. The quantitative estimate of drug-likeness (QED) is 0.704. The van der Waals surface area contributed by atoms with Crippen LogP contribution in [0.4, 0.5) is 5.69 Å². The van der Waals surface area contributed by atoms with Crippen molar-refractivity contribution in [2.75, 3.05) is 11.9 Å². The monoisotopic (exact) mass is 410 g/mol. The van der Waals surface area contributed by atoms with Crippen LogP contribution in [0.25, 0.3) is 11.6 Å². The molecule has 2 aliphatic rings. The molecule has 1 fully saturated rings. The fraction of sp³-hybridized carbons (Fsp3) is 0.304. The summed E-state index contributed by atoms with van der Waals surface area (Å²) in [7, 11) is 0. The van der Waals surface area contributed by atoms with E-state index in [-0.39, 0.29) is 24.5 Å². The largest absolute Gasteiger partial charge is 0.484 e. The van der Waals surface area contributed by atoms with Crippen LogP contribution in [0, 0.1) is 0 Å². The molecule has 29 heavy (non-hydrogen) atoms. The van der Waals surface area contributed by atoms with Gasteiger partial charge in [-0.2, -0.15) is 0 Å². The van der Waals surface area contributed by atoms with Gasteiger partial charge in [0.25, 0.3) is 11.8 Å². The van der Waals surface area contributed by atoms with Crippen LogP contribution in [0.2, 0.25) is 5.02 Å². The highest BCUT2D eigenvalue weighted by atomic mass is 35.5. The Hall–Kier alpha value is -2.79. The number of nitrogens with one attached hydrogen (secondary N) is 2. The average molecular weight is 411 g/mol. The van der Waals surface area contributed by atoms with E-state index in [2.05, 4.69) is 10.6 Å². The lowest BCUT2D eigenvalue weighted by Gasteiger charge is -2.22. The Labute approximate surface area is 175 Å². The maximum atomic E-state index is 12.3. The molecule has 2 N–H and O–H groups in total. The van der Waals surface area contributed by atoms with E-state index in [4.69, 9.17) is 16.3 Å². The third-order valence-corrected chi connectivity index (χ3v) is 5.53. The molecule has 1 saturated carbocycles. The molecule has 4 rings (SSSR count). The molecule has 2 aromatic carbocycles. The first-order valence-corrected chi connectivity index (χ1v) is 10.3. The van der Waals surface area contributed by atoms with Crippen LogP contribution in [0.1, 0.15) is 43.2 Å². The van der Waals surface area contributed by atoms with Gasteiger partial charge in [-0.3, -0.25) is 9.59 Å². The van der Waals surface area contributed by atoms with E-state index >= 15 is 0 Å². The van der Waals surface area contributed by atoms with Crippen molar-refractivity contribution < 1.29 is 14.3 Å². The van der Waals surface area contributed by atoms with Crippen LogP contribution >= 0.6 is 11.6 Å². The minimum Gasteiger partial charge on any atom is -0.484 e. The minimum absolute atomic E-state index is 0.00742. The van der Waals surface area contributed by atoms with Gasteiger partial charge in [-0.15, -0.1) is 0 Å². The van der Waals surface area contributed by atoms with Crippen molar-refractivity contribution in [3.63, 3.8) is 0 Å². The van der Waals surface area contributed by atoms with Crippen molar-refractivity contribution in [2.45, 2.75) is 38.1 Å². The number of hydrogen-bond acceptors (Lipinski definition) is 3. The van der Waals surface area contributed by atoms with Gasteiger partial charge < -0.3 is 15.4 Å². The number of anilines is 1. The van der Waals surface area contributed by atoms with Crippen molar-refractivity contribution in [3.05, 3.63) is 58.6 Å². The number of amides is 2. The summed E-state index contributed by atoms with van der Waals surface area (Å²) in [5, 5.41) is 6.45. The van der Waals surface area contributed by atoms with Gasteiger partial charge >= 0.3 is 0 Å². The molecule has 0 atom stereocenters. The normalized spacial score (nSPS) is 17.7. The van der Waals surface area contributed by atoms with Crippen LogP contribution in [-0.2, 0) is 9.59 Å². The highest BCUT2D eigenvalue weighted by Gasteiger charge is 2.24. The van der Waals surface area contributed by atoms with Crippen molar-refractivity contribution in [3.8, 4) is 5.75 Å². The topological polar surface area (TPSA) is 67.4 Å². The number of hydrogen-bond donors (Lipinski definition) is 2. The summed E-state index contributed by atoms with van der Waals surface area (Å²) in [5.74, 6) is 0.386. The van der Waals surface area contributed by atoms with E-state index in [0.717, 1.165) is 29.7 Å². The van der Waals surface area contributed by atoms with Crippen LogP contribution in [0.3, 0.4) is 0 Å². The lowest BCUT2D eigenvalue weighted by molar-refractivity contribution is -0.124. The number of fused-ring (bicyclic) bond motifs is 1. The Morgan fingerprint density at radius 3 is 2.66 bits per heavy atom. The van der Waals surface area contributed by atoms with Gasteiger partial charge in [-0.25, -0.2) is 0 Å². The fourth-order valence-corrected chi connectivity index (χ4v) is 3.97. The second-order valence-electron chi connectivity index (χ2n) is 7.46. The first kappa shape index (κ1) is 19.5. The van der Waals surface area contributed by atoms with Gasteiger partial charge in [0.15, 0.2) is 6.61 Å². The molecule has 2 aromatic rings. The second kappa shape index (κ2) is 8.70. The van der Waals surface area contributed by atoms with Gasteiger partial charge in [0.05, 0.1) is 5.69 Å². The molecule has 1 heterocycles. The Morgan fingerprint density at radius 1 is 1.14 bits per heavy atom. The standard InChI is InChI=1S/C23H23ClN2O3/c24-16-8-11-19-20(23(28)26-21(19)13-16)12-15-6-9-18(10-7-15)29-14-22(27)25-17-4-2-1-3-5-17/h6-13,17H,1-5,14H2,(H,25,27)(H,26,28)/b20-12-. The first-order chi connectivity index (χ1) is 14.1. The zero-order valence-electron chi connectivity index (χ0n) is 16.0. The van der Waals surface area contributed by atoms with Crippen LogP contribution in [0.15, 0.2) is 42.5 Å². The van der Waals surface area contributed by atoms with E-state index < -0.39 is 0 Å². The Kier molecular flexibility index (Phi) is 5.86. The van der Waals surface area contributed by atoms with E-state index in [1.54, 1.807) is 24.3 Å². The highest BCUT2D eigenvalue weighted by Crippen LogP contribution is 2.35. The smallest absolute Gasteiger partial charge is 0.258 e. The lowest BCUT2D eigenvalue weighted by Crippen LogP contribution is -2.38. The third-order valence-electron chi connectivity index (χ3n) is 5.30. The van der Waals surface area contributed by atoms with E-state index in [1.807, 2.05) is 24.3 Å². The van der Waals surface area contributed by atoms with Gasteiger partial charge in [0, 0.05) is 22.2 Å². The molecule has 1 aliphatic heterocycles. The van der Waals surface area contributed by atoms with Crippen LogP contribution in [-0.4, -0.2) is 24.5 Å². The molecule has 5 nitrogen and oxygen atoms in total. The second-order valence-corrected chi connectivity index (χ2v) is 7.90. The number of carbonyl (C=O) groups is 2. The van der Waals surface area contributed by atoms with Gasteiger partial charge in [0.2, 0.25) is 0 Å². The molecular formula is C23H23ClN2O3.